The van der Waals surface area contributed by atoms with Gasteiger partial charge in [0.05, 0.1) is 18.2 Å². The van der Waals surface area contributed by atoms with Gasteiger partial charge < -0.3 is 15.4 Å². The van der Waals surface area contributed by atoms with E-state index in [0.717, 1.165) is 55.1 Å². The summed E-state index contributed by atoms with van der Waals surface area (Å²) in [5.41, 5.74) is 2.01. The Bertz CT molecular complexity index is 953. The average molecular weight is 423 g/mol. The fourth-order valence-corrected chi connectivity index (χ4v) is 5.32. The molecule has 164 valence electrons. The molecule has 5 rings (SSSR count). The Labute approximate surface area is 182 Å². The van der Waals surface area contributed by atoms with Gasteiger partial charge in [0.15, 0.2) is 5.82 Å². The van der Waals surface area contributed by atoms with Crippen molar-refractivity contribution in [2.24, 2.45) is 0 Å². The lowest BCUT2D eigenvalue weighted by molar-refractivity contribution is 0.0369. The Balaban J connectivity index is 1.34. The molecule has 0 radical (unpaired) electrons. The molecule has 9 nitrogen and oxygen atoms in total. The van der Waals surface area contributed by atoms with Crippen LogP contribution in [0.3, 0.4) is 0 Å². The molecule has 9 heteroatoms. The molecule has 0 unspecified atom stereocenters. The minimum Gasteiger partial charge on any atom is -0.477 e. The van der Waals surface area contributed by atoms with Gasteiger partial charge in [-0.05, 0) is 45.4 Å². The van der Waals surface area contributed by atoms with Crippen LogP contribution in [0.1, 0.15) is 56.2 Å². The topological polar surface area (TPSA) is 115 Å². The first-order chi connectivity index (χ1) is 15.2. The third-order valence-electron chi connectivity index (χ3n) is 6.67. The van der Waals surface area contributed by atoms with E-state index in [1.165, 1.54) is 19.3 Å². The monoisotopic (exact) mass is 422 g/mol. The molecule has 0 amide bonds. The van der Waals surface area contributed by atoms with Gasteiger partial charge in [-0.25, -0.2) is 0 Å². The summed E-state index contributed by atoms with van der Waals surface area (Å²) in [6, 6.07) is 5.68. The number of aryl methyl sites for hydroxylation is 1. The van der Waals surface area contributed by atoms with Crippen LogP contribution in [-0.4, -0.2) is 56.3 Å². The number of nitrogens with one attached hydrogen (secondary N) is 3. The first-order valence-corrected chi connectivity index (χ1v) is 11.4. The van der Waals surface area contributed by atoms with Crippen molar-refractivity contribution in [2.45, 2.75) is 76.4 Å². The quantitative estimate of drug-likeness (QED) is 0.650. The second-order valence-electron chi connectivity index (χ2n) is 8.89. The first-order valence-electron chi connectivity index (χ1n) is 11.4. The summed E-state index contributed by atoms with van der Waals surface area (Å²) in [6.07, 6.45) is 8.28. The molecular formula is C22H30N8O. The Morgan fingerprint density at radius 3 is 2.84 bits per heavy atom. The number of aromatic nitrogens is 4. The van der Waals surface area contributed by atoms with E-state index in [1.807, 2.05) is 13.0 Å². The predicted molar refractivity (Wildman–Crippen MR) is 117 cm³/mol. The molecule has 31 heavy (non-hydrogen) atoms. The minimum absolute atomic E-state index is 0.329. The van der Waals surface area contributed by atoms with Crippen LogP contribution in [0.4, 0.5) is 17.6 Å². The van der Waals surface area contributed by atoms with Crippen molar-refractivity contribution in [1.29, 1.82) is 5.26 Å². The number of ether oxygens (including phenoxy) is 1. The second-order valence-corrected chi connectivity index (χ2v) is 8.89. The highest BCUT2D eigenvalue weighted by Crippen LogP contribution is 2.36. The van der Waals surface area contributed by atoms with Crippen LogP contribution in [0.5, 0.6) is 5.88 Å². The first kappa shape index (κ1) is 20.1. The molecule has 0 aromatic carbocycles. The number of hydrogen-bond donors (Lipinski definition) is 3. The second kappa shape index (κ2) is 8.71. The van der Waals surface area contributed by atoms with E-state index in [-0.39, 0.29) is 0 Å². The number of nitrogens with zero attached hydrogens (tertiary/aromatic N) is 5. The van der Waals surface area contributed by atoms with Crippen LogP contribution in [0.2, 0.25) is 0 Å². The lowest BCUT2D eigenvalue weighted by Gasteiger charge is -2.48. The van der Waals surface area contributed by atoms with Gasteiger partial charge in [-0.2, -0.15) is 20.3 Å². The van der Waals surface area contributed by atoms with Gasteiger partial charge in [-0.1, -0.05) is 6.42 Å². The number of anilines is 3. The maximum Gasteiger partial charge on any atom is 0.228 e. The smallest absolute Gasteiger partial charge is 0.228 e. The van der Waals surface area contributed by atoms with Crippen molar-refractivity contribution in [2.75, 3.05) is 23.8 Å². The normalized spacial score (nSPS) is 25.2. The third kappa shape index (κ3) is 4.30. The van der Waals surface area contributed by atoms with Gasteiger partial charge in [0.2, 0.25) is 11.8 Å². The maximum atomic E-state index is 9.01. The number of piperidine rings is 2. The highest BCUT2D eigenvalue weighted by Gasteiger charge is 2.38. The lowest BCUT2D eigenvalue weighted by Crippen LogP contribution is -2.55. The summed E-state index contributed by atoms with van der Waals surface area (Å²) in [6.45, 7) is 3.55. The van der Waals surface area contributed by atoms with E-state index < -0.39 is 0 Å². The molecule has 3 aliphatic rings. The molecule has 0 spiro atoms. The maximum absolute atomic E-state index is 9.01. The van der Waals surface area contributed by atoms with Crippen molar-refractivity contribution < 1.29 is 4.74 Å². The van der Waals surface area contributed by atoms with Gasteiger partial charge >= 0.3 is 0 Å². The van der Waals surface area contributed by atoms with Crippen LogP contribution in [0.15, 0.2) is 6.07 Å². The van der Waals surface area contributed by atoms with Crippen LogP contribution in [0.25, 0.3) is 0 Å². The van der Waals surface area contributed by atoms with E-state index in [4.69, 9.17) is 20.0 Å². The molecule has 2 fully saturated rings. The number of hydrogen-bond acceptors (Lipinski definition) is 8. The molecule has 5 heterocycles. The summed E-state index contributed by atoms with van der Waals surface area (Å²) in [5.74, 6) is 2.80. The number of H-pyrrole nitrogens is 1. The summed E-state index contributed by atoms with van der Waals surface area (Å²) in [7, 11) is 0. The van der Waals surface area contributed by atoms with Crippen LogP contribution in [-0.2, 0) is 6.42 Å². The molecule has 0 aliphatic carbocycles. The zero-order valence-corrected chi connectivity index (χ0v) is 18.0. The van der Waals surface area contributed by atoms with Crippen LogP contribution < -0.4 is 15.4 Å². The van der Waals surface area contributed by atoms with Crippen molar-refractivity contribution in [3.05, 3.63) is 17.3 Å². The van der Waals surface area contributed by atoms with Crippen LogP contribution >= 0.6 is 0 Å². The Morgan fingerprint density at radius 2 is 2.10 bits per heavy atom. The third-order valence-corrected chi connectivity index (χ3v) is 6.67. The number of aromatic amines is 1. The zero-order chi connectivity index (χ0) is 21.2. The molecule has 3 aliphatic heterocycles. The molecule has 2 aromatic heterocycles. The minimum atomic E-state index is 0.329. The van der Waals surface area contributed by atoms with E-state index in [1.54, 1.807) is 0 Å². The molecule has 3 N–H and O–H groups in total. The Kier molecular flexibility index (Phi) is 5.64. The Morgan fingerprint density at radius 1 is 1.26 bits per heavy atom. The van der Waals surface area contributed by atoms with Crippen LogP contribution in [0, 0.1) is 18.3 Å². The summed E-state index contributed by atoms with van der Waals surface area (Å²) in [4.78, 5) is 12.1. The fraction of sp³-hybridized carbons (Fsp3) is 0.636. The van der Waals surface area contributed by atoms with Gasteiger partial charge in [-0.3, -0.25) is 10.00 Å². The van der Waals surface area contributed by atoms with E-state index >= 15 is 0 Å². The zero-order valence-electron chi connectivity index (χ0n) is 18.0. The number of fused-ring (bicyclic) bond motifs is 3. The van der Waals surface area contributed by atoms with E-state index in [0.29, 0.717) is 43.0 Å². The molecular weight excluding hydrogens is 392 g/mol. The fourth-order valence-electron chi connectivity index (χ4n) is 5.32. The highest BCUT2D eigenvalue weighted by molar-refractivity contribution is 5.61. The van der Waals surface area contributed by atoms with E-state index in [2.05, 4.69) is 31.8 Å². The van der Waals surface area contributed by atoms with Gasteiger partial charge in [0.25, 0.3) is 0 Å². The van der Waals surface area contributed by atoms with E-state index in [9.17, 15) is 0 Å². The molecule has 0 saturated carbocycles. The molecule has 3 atom stereocenters. The molecule has 2 aromatic rings. The lowest BCUT2D eigenvalue weighted by atomic mass is 9.81. The molecule has 2 saturated heterocycles. The number of nitriles is 1. The molecule has 2 bridgehead atoms. The summed E-state index contributed by atoms with van der Waals surface area (Å²) >= 11 is 0. The summed E-state index contributed by atoms with van der Waals surface area (Å²) < 4.78 is 5.87. The van der Waals surface area contributed by atoms with Crippen molar-refractivity contribution >= 4 is 17.6 Å². The van der Waals surface area contributed by atoms with Gasteiger partial charge in [-0.15, -0.1) is 0 Å². The SMILES string of the molecule is Cc1cc(Nc2nc(N[C@@H]3C[C@H]4CCC[C@@H](C3)N4CCC#N)nc3c2CCCO3)n[nH]1. The summed E-state index contributed by atoms with van der Waals surface area (Å²) in [5, 5.41) is 23.2. The largest absolute Gasteiger partial charge is 0.477 e. The van der Waals surface area contributed by atoms with Crippen molar-refractivity contribution in [3.63, 3.8) is 0 Å². The highest BCUT2D eigenvalue weighted by atomic mass is 16.5. The number of rotatable bonds is 6. The standard InChI is InChI=1S/C22H30N8O/c1-14-11-19(29-28-14)25-20-18-7-3-10-31-21(18)27-22(26-20)24-15-12-16-5-2-6-17(13-15)30(16)9-4-8-23/h11,15-17H,2-7,9-10,12-13H2,1H3,(H3,24,25,26,27,28,29)/t15-,16-,17+. The van der Waals surface area contributed by atoms with Crippen molar-refractivity contribution in [1.82, 2.24) is 25.1 Å². The van der Waals surface area contributed by atoms with Gasteiger partial charge in [0, 0.05) is 42.9 Å². The van der Waals surface area contributed by atoms with Crippen molar-refractivity contribution in [3.8, 4) is 11.9 Å². The van der Waals surface area contributed by atoms with Gasteiger partial charge in [0.1, 0.15) is 5.82 Å². The average Bonchev–Trinajstić information content (AvgIpc) is 3.17. The predicted octanol–water partition coefficient (Wildman–Crippen LogP) is 3.29. The Hall–Kier alpha value is -2.86.